The molecule has 2 aromatic rings. The maximum Gasteiger partial charge on any atom is 0.269 e. The Labute approximate surface area is 141 Å². The molecule has 0 aliphatic heterocycles. The molecule has 0 aliphatic carbocycles. The number of nitrogens with one attached hydrogen (secondary N) is 1. The molecule has 118 valence electrons. The molecule has 2 rings (SSSR count). The van der Waals surface area contributed by atoms with E-state index in [2.05, 4.69) is 26.2 Å². The first-order valence-corrected chi connectivity index (χ1v) is 7.57. The molecular formula is C16H13BrFN3O2. The van der Waals surface area contributed by atoms with Crippen LogP contribution in [-0.2, 0) is 6.61 Å². The number of carbonyl (C=O) groups excluding carboxylic acids is 1. The van der Waals surface area contributed by atoms with Crippen molar-refractivity contribution < 1.29 is 13.9 Å². The fourth-order valence-electron chi connectivity index (χ4n) is 1.75. The second kappa shape index (κ2) is 8.25. The zero-order valence-corrected chi connectivity index (χ0v) is 13.6. The van der Waals surface area contributed by atoms with Gasteiger partial charge in [0.1, 0.15) is 23.9 Å². The Morgan fingerprint density at radius 2 is 2.22 bits per heavy atom. The Bertz CT molecular complexity index is 709. The molecule has 0 fully saturated rings. The smallest absolute Gasteiger partial charge is 0.269 e. The SMILES string of the molecule is N#CCCNC(=O)c1ccc(COc2cc(F)cc(Br)c2)cn1. The summed E-state index contributed by atoms with van der Waals surface area (Å²) in [7, 11) is 0. The number of ether oxygens (including phenoxy) is 1. The number of rotatable bonds is 6. The number of amides is 1. The number of nitrogens with zero attached hydrogens (tertiary/aromatic N) is 2. The van der Waals surface area contributed by atoms with E-state index in [0.29, 0.717) is 10.2 Å². The molecule has 0 saturated heterocycles. The number of hydrogen-bond acceptors (Lipinski definition) is 4. The van der Waals surface area contributed by atoms with Crippen LogP contribution in [0.3, 0.4) is 0 Å². The third kappa shape index (κ3) is 5.34. The number of benzene rings is 1. The summed E-state index contributed by atoms with van der Waals surface area (Å²) in [6.45, 7) is 0.496. The van der Waals surface area contributed by atoms with E-state index < -0.39 is 5.82 Å². The van der Waals surface area contributed by atoms with E-state index in [0.717, 1.165) is 5.56 Å². The largest absolute Gasteiger partial charge is 0.489 e. The summed E-state index contributed by atoms with van der Waals surface area (Å²) in [5, 5.41) is 11.0. The maximum atomic E-state index is 13.2. The standard InChI is InChI=1S/C16H13BrFN3O2/c17-12-6-13(18)8-14(7-12)23-10-11-2-3-15(21-9-11)16(22)20-5-1-4-19/h2-3,6-9H,1,5,10H2,(H,20,22). The molecule has 5 nitrogen and oxygen atoms in total. The van der Waals surface area contributed by atoms with Gasteiger partial charge in [0.25, 0.3) is 5.91 Å². The van der Waals surface area contributed by atoms with Crippen molar-refractivity contribution in [1.29, 1.82) is 5.26 Å². The van der Waals surface area contributed by atoms with Gasteiger partial charge in [-0.2, -0.15) is 5.26 Å². The van der Waals surface area contributed by atoms with Crippen LogP contribution >= 0.6 is 15.9 Å². The van der Waals surface area contributed by atoms with Gasteiger partial charge in [-0.1, -0.05) is 22.0 Å². The zero-order chi connectivity index (χ0) is 16.7. The van der Waals surface area contributed by atoms with Gasteiger partial charge in [-0.25, -0.2) is 4.39 Å². The third-order valence-electron chi connectivity index (χ3n) is 2.82. The number of halogens is 2. The van der Waals surface area contributed by atoms with Crippen molar-refractivity contribution in [2.75, 3.05) is 6.54 Å². The van der Waals surface area contributed by atoms with Gasteiger partial charge >= 0.3 is 0 Å². The Balaban J connectivity index is 1.92. The van der Waals surface area contributed by atoms with E-state index in [9.17, 15) is 9.18 Å². The van der Waals surface area contributed by atoms with E-state index in [1.54, 1.807) is 18.2 Å². The number of aromatic nitrogens is 1. The van der Waals surface area contributed by atoms with Crippen molar-refractivity contribution >= 4 is 21.8 Å². The first kappa shape index (κ1) is 16.9. The van der Waals surface area contributed by atoms with E-state index in [1.807, 2.05) is 6.07 Å². The van der Waals surface area contributed by atoms with Gasteiger partial charge in [0.2, 0.25) is 0 Å². The minimum Gasteiger partial charge on any atom is -0.489 e. The Hall–Kier alpha value is -2.46. The zero-order valence-electron chi connectivity index (χ0n) is 12.1. The predicted octanol–water partition coefficient (Wildman–Crippen LogP) is 3.21. The van der Waals surface area contributed by atoms with Crippen molar-refractivity contribution in [3.63, 3.8) is 0 Å². The van der Waals surface area contributed by atoms with Crippen LogP contribution in [0, 0.1) is 17.1 Å². The first-order chi connectivity index (χ1) is 11.1. The molecular weight excluding hydrogens is 365 g/mol. The van der Waals surface area contributed by atoms with E-state index in [-0.39, 0.29) is 31.2 Å². The van der Waals surface area contributed by atoms with Gasteiger partial charge in [-0.05, 0) is 18.2 Å². The molecule has 1 amide bonds. The molecule has 23 heavy (non-hydrogen) atoms. The van der Waals surface area contributed by atoms with Crippen molar-refractivity contribution in [3.8, 4) is 11.8 Å². The van der Waals surface area contributed by atoms with Gasteiger partial charge in [-0.15, -0.1) is 0 Å². The molecule has 7 heteroatoms. The Kier molecular flexibility index (Phi) is 6.06. The molecule has 1 aromatic carbocycles. The lowest BCUT2D eigenvalue weighted by Crippen LogP contribution is -2.25. The van der Waals surface area contributed by atoms with Crippen LogP contribution in [-0.4, -0.2) is 17.4 Å². The van der Waals surface area contributed by atoms with E-state index in [1.165, 1.54) is 18.3 Å². The van der Waals surface area contributed by atoms with Gasteiger partial charge < -0.3 is 10.1 Å². The van der Waals surface area contributed by atoms with Crippen LogP contribution in [0.15, 0.2) is 41.0 Å². The van der Waals surface area contributed by atoms with Crippen molar-refractivity contribution in [3.05, 3.63) is 58.1 Å². The highest BCUT2D eigenvalue weighted by Gasteiger charge is 2.07. The summed E-state index contributed by atoms with van der Waals surface area (Å²) in [6.07, 6.45) is 1.77. The van der Waals surface area contributed by atoms with Crippen LogP contribution in [0.1, 0.15) is 22.5 Å². The van der Waals surface area contributed by atoms with Gasteiger partial charge in [0.15, 0.2) is 0 Å². The van der Waals surface area contributed by atoms with Gasteiger partial charge in [0, 0.05) is 28.8 Å². The lowest BCUT2D eigenvalue weighted by Gasteiger charge is -2.07. The molecule has 1 heterocycles. The summed E-state index contributed by atoms with van der Waals surface area (Å²) in [5.74, 6) is -0.325. The van der Waals surface area contributed by atoms with Crippen molar-refractivity contribution in [2.24, 2.45) is 0 Å². The molecule has 0 spiro atoms. The highest BCUT2D eigenvalue weighted by molar-refractivity contribution is 9.10. The first-order valence-electron chi connectivity index (χ1n) is 6.77. The molecule has 0 aliphatic rings. The summed E-state index contributed by atoms with van der Waals surface area (Å²) < 4.78 is 19.3. The van der Waals surface area contributed by atoms with Crippen LogP contribution in [0.2, 0.25) is 0 Å². The molecule has 0 atom stereocenters. The van der Waals surface area contributed by atoms with Crippen molar-refractivity contribution in [1.82, 2.24) is 10.3 Å². The quantitative estimate of drug-likeness (QED) is 0.784. The minimum atomic E-state index is -0.392. The van der Waals surface area contributed by atoms with Gasteiger partial charge in [0.05, 0.1) is 12.5 Å². The van der Waals surface area contributed by atoms with Crippen LogP contribution in [0.5, 0.6) is 5.75 Å². The molecule has 0 saturated carbocycles. The lowest BCUT2D eigenvalue weighted by atomic mass is 10.2. The number of pyridine rings is 1. The van der Waals surface area contributed by atoms with E-state index in [4.69, 9.17) is 10.00 Å². The summed E-state index contributed by atoms with van der Waals surface area (Å²) in [4.78, 5) is 15.8. The highest BCUT2D eigenvalue weighted by atomic mass is 79.9. The van der Waals surface area contributed by atoms with Gasteiger partial charge in [-0.3, -0.25) is 9.78 Å². The fraction of sp³-hybridized carbons (Fsp3) is 0.188. The average Bonchev–Trinajstić information content (AvgIpc) is 2.53. The third-order valence-corrected chi connectivity index (χ3v) is 3.28. The topological polar surface area (TPSA) is 75.0 Å². The molecule has 1 aromatic heterocycles. The molecule has 0 radical (unpaired) electrons. The summed E-state index contributed by atoms with van der Waals surface area (Å²) in [6, 6.07) is 9.51. The molecule has 0 unspecified atom stereocenters. The number of nitriles is 1. The summed E-state index contributed by atoms with van der Waals surface area (Å²) >= 11 is 3.19. The number of hydrogen-bond donors (Lipinski definition) is 1. The van der Waals surface area contributed by atoms with Crippen LogP contribution in [0.25, 0.3) is 0 Å². The molecule has 0 bridgehead atoms. The monoisotopic (exact) mass is 377 g/mol. The van der Waals surface area contributed by atoms with Crippen molar-refractivity contribution in [2.45, 2.75) is 13.0 Å². The molecule has 1 N–H and O–H groups in total. The fourth-order valence-corrected chi connectivity index (χ4v) is 2.19. The second-order valence-electron chi connectivity index (χ2n) is 4.61. The van der Waals surface area contributed by atoms with Crippen LogP contribution in [0.4, 0.5) is 4.39 Å². The highest BCUT2D eigenvalue weighted by Crippen LogP contribution is 2.21. The maximum absolute atomic E-state index is 13.2. The second-order valence-corrected chi connectivity index (χ2v) is 5.53. The minimum absolute atomic E-state index is 0.208. The Morgan fingerprint density at radius 1 is 1.39 bits per heavy atom. The van der Waals surface area contributed by atoms with E-state index >= 15 is 0 Å². The van der Waals surface area contributed by atoms with Crippen LogP contribution < -0.4 is 10.1 Å². The average molecular weight is 378 g/mol. The normalized spacial score (nSPS) is 9.96. The lowest BCUT2D eigenvalue weighted by molar-refractivity contribution is 0.0949. The predicted molar refractivity (Wildman–Crippen MR) is 85.2 cm³/mol. The summed E-state index contributed by atoms with van der Waals surface area (Å²) in [5.41, 5.74) is 1.01. The Morgan fingerprint density at radius 3 is 2.87 bits per heavy atom. The number of carbonyl (C=O) groups is 1.